The van der Waals surface area contributed by atoms with E-state index in [1.54, 1.807) is 0 Å². The molecular formula is C21H19N2O2+. The largest absolute Gasteiger partial charge is 0.439 e. The molecule has 1 N–H and O–H groups in total. The van der Waals surface area contributed by atoms with Crippen LogP contribution in [-0.4, -0.2) is 0 Å². The van der Waals surface area contributed by atoms with Gasteiger partial charge in [-0.1, -0.05) is 42.5 Å². The highest BCUT2D eigenvalue weighted by Crippen LogP contribution is 2.32. The number of oxazole rings is 1. The Morgan fingerprint density at radius 1 is 1.00 bits per heavy atom. The molecule has 0 bridgehead atoms. The molecule has 0 saturated carbocycles. The zero-order valence-electron chi connectivity index (χ0n) is 14.2. The summed E-state index contributed by atoms with van der Waals surface area (Å²) in [5.74, 6) is 2.38. The van der Waals surface area contributed by atoms with Crippen LogP contribution in [0.1, 0.15) is 11.5 Å². The van der Waals surface area contributed by atoms with Gasteiger partial charge in [0.05, 0.1) is 11.8 Å². The fraction of sp³-hybridized carbons (Fsp3) is 0.0952. The maximum absolute atomic E-state index is 5.89. The van der Waals surface area contributed by atoms with Crippen molar-refractivity contribution in [3.63, 3.8) is 0 Å². The van der Waals surface area contributed by atoms with E-state index in [0.29, 0.717) is 0 Å². The number of anilines is 1. The fourth-order valence-electron chi connectivity index (χ4n) is 2.94. The number of fused-ring (bicyclic) bond motifs is 2. The molecular weight excluding hydrogens is 312 g/mol. The van der Waals surface area contributed by atoms with Crippen molar-refractivity contribution < 1.29 is 13.7 Å². The lowest BCUT2D eigenvalue weighted by molar-refractivity contribution is -0.652. The number of aryl methyl sites for hydroxylation is 2. The van der Waals surface area contributed by atoms with Crippen LogP contribution in [0.4, 0.5) is 5.69 Å². The molecule has 1 aliphatic rings. The number of nitrogens with zero attached hydrogens (tertiary/aromatic N) is 1. The Bertz CT molecular complexity index is 999. The van der Waals surface area contributed by atoms with Crippen LogP contribution >= 0.6 is 0 Å². The summed E-state index contributed by atoms with van der Waals surface area (Å²) in [5.41, 5.74) is 4.21. The van der Waals surface area contributed by atoms with E-state index in [-0.39, 0.29) is 0 Å². The van der Waals surface area contributed by atoms with Crippen LogP contribution in [0.5, 0.6) is 5.75 Å². The van der Waals surface area contributed by atoms with E-state index in [0.717, 1.165) is 34.3 Å². The molecule has 0 unspecified atom stereocenters. The SMILES string of the molecule is Cc1cccc2oc(C=CC=CC=C3Nc4ccccc4O3)[n+](C)c12. The minimum absolute atomic E-state index is 0.718. The lowest BCUT2D eigenvalue weighted by atomic mass is 10.2. The number of hydrogen-bond acceptors (Lipinski definition) is 3. The van der Waals surface area contributed by atoms with Gasteiger partial charge >= 0.3 is 5.89 Å². The number of benzene rings is 2. The van der Waals surface area contributed by atoms with Crippen LogP contribution in [0.3, 0.4) is 0 Å². The molecule has 0 aliphatic carbocycles. The molecule has 2 heterocycles. The average molecular weight is 331 g/mol. The lowest BCUT2D eigenvalue weighted by Gasteiger charge is -1.94. The number of nitrogens with one attached hydrogen (secondary N) is 1. The number of aromatic nitrogens is 1. The predicted molar refractivity (Wildman–Crippen MR) is 99.1 cm³/mol. The first-order valence-corrected chi connectivity index (χ1v) is 8.19. The molecule has 0 saturated heterocycles. The van der Waals surface area contributed by atoms with Crippen molar-refractivity contribution in [3.05, 3.63) is 84.1 Å². The van der Waals surface area contributed by atoms with Crippen LogP contribution in [0, 0.1) is 6.92 Å². The smallest absolute Gasteiger partial charge is 0.373 e. The molecule has 25 heavy (non-hydrogen) atoms. The van der Waals surface area contributed by atoms with Gasteiger partial charge in [-0.05, 0) is 31.2 Å². The molecule has 4 rings (SSSR count). The van der Waals surface area contributed by atoms with Crippen molar-refractivity contribution in [2.24, 2.45) is 7.05 Å². The Balaban J connectivity index is 1.47. The van der Waals surface area contributed by atoms with E-state index in [1.807, 2.05) is 73.8 Å². The second kappa shape index (κ2) is 6.32. The van der Waals surface area contributed by atoms with Crippen molar-refractivity contribution in [2.75, 3.05) is 5.32 Å². The van der Waals surface area contributed by atoms with Gasteiger partial charge in [-0.2, -0.15) is 4.57 Å². The molecule has 0 spiro atoms. The first kappa shape index (κ1) is 15.3. The van der Waals surface area contributed by atoms with Gasteiger partial charge in [0.1, 0.15) is 7.05 Å². The van der Waals surface area contributed by atoms with E-state index in [2.05, 4.69) is 22.9 Å². The quantitative estimate of drug-likeness (QED) is 0.568. The van der Waals surface area contributed by atoms with Crippen molar-refractivity contribution in [2.45, 2.75) is 6.92 Å². The van der Waals surface area contributed by atoms with Gasteiger partial charge in [-0.3, -0.25) is 0 Å². The van der Waals surface area contributed by atoms with Gasteiger partial charge in [-0.25, -0.2) is 0 Å². The minimum Gasteiger partial charge on any atom is -0.439 e. The fourth-order valence-corrected chi connectivity index (χ4v) is 2.94. The summed E-state index contributed by atoms with van der Waals surface area (Å²) in [6.07, 6.45) is 9.67. The van der Waals surface area contributed by atoms with Gasteiger partial charge in [0, 0.05) is 5.56 Å². The molecule has 0 radical (unpaired) electrons. The third-order valence-corrected chi connectivity index (χ3v) is 4.15. The van der Waals surface area contributed by atoms with E-state index in [1.165, 1.54) is 5.56 Å². The van der Waals surface area contributed by atoms with Crippen LogP contribution < -0.4 is 14.6 Å². The van der Waals surface area contributed by atoms with Crippen molar-refractivity contribution in [1.29, 1.82) is 0 Å². The highest BCUT2D eigenvalue weighted by molar-refractivity contribution is 5.73. The molecule has 1 aromatic heterocycles. The summed E-state index contributed by atoms with van der Waals surface area (Å²) in [4.78, 5) is 0. The van der Waals surface area contributed by atoms with Gasteiger partial charge in [0.2, 0.25) is 5.58 Å². The molecule has 4 heteroatoms. The van der Waals surface area contributed by atoms with Crippen molar-refractivity contribution in [3.8, 4) is 5.75 Å². The maximum atomic E-state index is 5.89. The van der Waals surface area contributed by atoms with Crippen molar-refractivity contribution in [1.82, 2.24) is 0 Å². The van der Waals surface area contributed by atoms with Crippen LogP contribution in [0.25, 0.3) is 17.2 Å². The van der Waals surface area contributed by atoms with Crippen LogP contribution in [0.2, 0.25) is 0 Å². The van der Waals surface area contributed by atoms with Gasteiger partial charge < -0.3 is 14.5 Å². The average Bonchev–Trinajstić information content (AvgIpc) is 3.16. The molecule has 0 amide bonds. The lowest BCUT2D eigenvalue weighted by Crippen LogP contribution is -2.29. The molecule has 0 fully saturated rings. The maximum Gasteiger partial charge on any atom is 0.373 e. The zero-order chi connectivity index (χ0) is 17.2. The molecule has 1 aliphatic heterocycles. The number of rotatable bonds is 3. The Morgan fingerprint density at radius 3 is 2.72 bits per heavy atom. The van der Waals surface area contributed by atoms with Crippen molar-refractivity contribution >= 4 is 22.9 Å². The number of ether oxygens (including phenoxy) is 1. The van der Waals surface area contributed by atoms with Crippen LogP contribution in [0.15, 0.2) is 77.1 Å². The summed E-state index contributed by atoms with van der Waals surface area (Å²) in [7, 11) is 2.01. The Labute approximate surface area is 146 Å². The molecule has 3 aromatic rings. The van der Waals surface area contributed by atoms with E-state index >= 15 is 0 Å². The van der Waals surface area contributed by atoms with Gasteiger partial charge in [-0.15, -0.1) is 0 Å². The molecule has 4 nitrogen and oxygen atoms in total. The normalized spacial score (nSPS) is 15.2. The molecule has 0 atom stereocenters. The minimum atomic E-state index is 0.718. The Morgan fingerprint density at radius 2 is 1.88 bits per heavy atom. The van der Waals surface area contributed by atoms with E-state index < -0.39 is 0 Å². The van der Waals surface area contributed by atoms with Gasteiger partial charge in [0.25, 0.3) is 5.52 Å². The third kappa shape index (κ3) is 2.94. The van der Waals surface area contributed by atoms with E-state index in [9.17, 15) is 0 Å². The second-order valence-corrected chi connectivity index (χ2v) is 5.92. The number of allylic oxidation sites excluding steroid dienone is 4. The van der Waals surface area contributed by atoms with Crippen LogP contribution in [-0.2, 0) is 7.05 Å². The number of hydrogen-bond donors (Lipinski definition) is 1. The standard InChI is InChI=1S/C21H18N2O2/c1-15-9-8-12-18-21(15)23(2)20(25-18)14-5-3-4-13-19-22-16-10-6-7-11-17(16)24-19/h3-14H,1-2H3/p+1. The summed E-state index contributed by atoms with van der Waals surface area (Å²) >= 11 is 0. The Kier molecular flexibility index (Phi) is 3.86. The first-order chi connectivity index (χ1) is 12.2. The first-order valence-electron chi connectivity index (χ1n) is 8.19. The van der Waals surface area contributed by atoms with Gasteiger partial charge in [0.15, 0.2) is 11.6 Å². The van der Waals surface area contributed by atoms with E-state index in [4.69, 9.17) is 9.15 Å². The monoisotopic (exact) mass is 331 g/mol. The summed E-state index contributed by atoms with van der Waals surface area (Å²) in [6, 6.07) is 13.9. The second-order valence-electron chi connectivity index (χ2n) is 5.92. The molecule has 124 valence electrons. The highest BCUT2D eigenvalue weighted by atomic mass is 16.5. The summed E-state index contributed by atoms with van der Waals surface area (Å²) in [5, 5.41) is 3.22. The summed E-state index contributed by atoms with van der Waals surface area (Å²) in [6.45, 7) is 2.09. The molecule has 2 aromatic carbocycles. The zero-order valence-corrected chi connectivity index (χ0v) is 14.2. The topological polar surface area (TPSA) is 38.3 Å². The highest BCUT2D eigenvalue weighted by Gasteiger charge is 2.18. The summed E-state index contributed by atoms with van der Waals surface area (Å²) < 4.78 is 13.6. The third-order valence-electron chi connectivity index (χ3n) is 4.15. The number of para-hydroxylation sites is 3. The Hall–Kier alpha value is -3.27. The predicted octanol–water partition coefficient (Wildman–Crippen LogP) is 4.48.